The molecular formula is C30H34N8O4S. The Hall–Kier alpha value is -4.65. The maximum atomic E-state index is 13.6. The number of aromatic nitrogens is 4. The highest BCUT2D eigenvalue weighted by Crippen LogP contribution is 2.26. The molecule has 3 atom stereocenters. The van der Waals surface area contributed by atoms with Crippen LogP contribution in [0.2, 0.25) is 0 Å². The predicted molar refractivity (Wildman–Crippen MR) is 160 cm³/mol. The van der Waals surface area contributed by atoms with Gasteiger partial charge in [-0.3, -0.25) is 23.6 Å². The van der Waals surface area contributed by atoms with Crippen LogP contribution >= 0.6 is 11.3 Å². The molecule has 4 N–H and O–H groups in total. The van der Waals surface area contributed by atoms with Crippen molar-refractivity contribution in [3.05, 3.63) is 82.3 Å². The van der Waals surface area contributed by atoms with Gasteiger partial charge in [-0.1, -0.05) is 44.2 Å². The number of nitrogens with one attached hydrogen (secondary N) is 4. The lowest BCUT2D eigenvalue weighted by Crippen LogP contribution is -2.49. The van der Waals surface area contributed by atoms with Gasteiger partial charge >= 0.3 is 0 Å². The molecule has 224 valence electrons. The summed E-state index contributed by atoms with van der Waals surface area (Å²) in [6.07, 6.45) is 6.67. The molecule has 0 saturated carbocycles. The molecule has 0 spiro atoms. The Morgan fingerprint density at radius 2 is 1.88 bits per heavy atom. The second-order valence-electron chi connectivity index (χ2n) is 10.8. The van der Waals surface area contributed by atoms with E-state index in [-0.39, 0.29) is 29.1 Å². The van der Waals surface area contributed by atoms with Gasteiger partial charge < -0.3 is 21.3 Å². The first-order valence-electron chi connectivity index (χ1n) is 14.3. The van der Waals surface area contributed by atoms with Crippen LogP contribution in [0, 0.1) is 5.92 Å². The van der Waals surface area contributed by atoms with E-state index in [0.717, 1.165) is 5.56 Å². The lowest BCUT2D eigenvalue weighted by atomic mass is 10.0. The van der Waals surface area contributed by atoms with Gasteiger partial charge in [0.25, 0.3) is 11.8 Å². The van der Waals surface area contributed by atoms with Gasteiger partial charge in [-0.15, -0.1) is 11.3 Å². The molecule has 4 aromatic rings. The van der Waals surface area contributed by atoms with Crippen molar-refractivity contribution in [1.29, 1.82) is 0 Å². The van der Waals surface area contributed by atoms with Crippen LogP contribution in [-0.4, -0.2) is 61.6 Å². The topological polar surface area (TPSA) is 159 Å². The Kier molecular flexibility index (Phi) is 9.40. The number of rotatable bonds is 5. The highest BCUT2D eigenvalue weighted by atomic mass is 32.1. The van der Waals surface area contributed by atoms with Gasteiger partial charge in [0.05, 0.1) is 6.04 Å². The van der Waals surface area contributed by atoms with Crippen molar-refractivity contribution in [1.82, 2.24) is 40.6 Å². The van der Waals surface area contributed by atoms with Crippen LogP contribution in [-0.2, 0) is 16.0 Å². The SMILES string of the molecule is CC(C)[C@H]1NC(=O)[C@@H](NC(=O)c2cn3cccnc3n2)CCCCNC(=O)[C@@H](Cc2ccccc2)NC(=O)c2csc1n2. The first kappa shape index (κ1) is 29.8. The molecule has 0 fully saturated rings. The number of thiazole rings is 1. The standard InChI is InChI=1S/C30H34N8O4S/c1-18(2)24-29-35-23(17-43-29)28(42)34-21(15-19-9-4-3-5-10-19)25(39)31-12-7-6-11-20(26(40)37-24)33-27(41)22-16-38-14-8-13-32-30(38)36-22/h3-5,8-10,13-14,16-18,20-21,24H,6-7,11-12,15H2,1-2H3,(H,31,39)(H,33,41)(H,34,42)(H,37,40)/t20-,21+,24+/m0/s1. The quantitative estimate of drug-likeness (QED) is 0.273. The van der Waals surface area contributed by atoms with Gasteiger partial charge in [-0.05, 0) is 36.8 Å². The first-order valence-corrected chi connectivity index (χ1v) is 15.2. The molecule has 1 aromatic carbocycles. The third-order valence-electron chi connectivity index (χ3n) is 7.20. The summed E-state index contributed by atoms with van der Waals surface area (Å²) in [4.78, 5) is 66.1. The fourth-order valence-electron chi connectivity index (χ4n) is 4.84. The fourth-order valence-corrected chi connectivity index (χ4v) is 5.86. The molecule has 43 heavy (non-hydrogen) atoms. The van der Waals surface area contributed by atoms with Crippen molar-refractivity contribution in [2.24, 2.45) is 5.92 Å². The summed E-state index contributed by atoms with van der Waals surface area (Å²) in [6, 6.07) is 9.08. The molecule has 0 aliphatic carbocycles. The monoisotopic (exact) mass is 602 g/mol. The van der Waals surface area contributed by atoms with E-state index < -0.39 is 29.9 Å². The third-order valence-corrected chi connectivity index (χ3v) is 8.13. The van der Waals surface area contributed by atoms with Crippen LogP contribution < -0.4 is 21.3 Å². The van der Waals surface area contributed by atoms with Crippen LogP contribution in [0.3, 0.4) is 0 Å². The summed E-state index contributed by atoms with van der Waals surface area (Å²) in [6.45, 7) is 4.24. The Morgan fingerprint density at radius 1 is 1.07 bits per heavy atom. The normalized spacial score (nSPS) is 20.3. The first-order chi connectivity index (χ1) is 20.8. The van der Waals surface area contributed by atoms with Crippen LogP contribution in [0.1, 0.15) is 70.7 Å². The summed E-state index contributed by atoms with van der Waals surface area (Å²) in [5.41, 5.74) is 1.23. The average molecular weight is 603 g/mol. The molecule has 1 aliphatic rings. The summed E-state index contributed by atoms with van der Waals surface area (Å²) in [5.74, 6) is -1.31. The minimum atomic E-state index is -0.858. The highest BCUT2D eigenvalue weighted by molar-refractivity contribution is 7.09. The third kappa shape index (κ3) is 7.41. The number of imidazole rings is 1. The number of hydrogen-bond donors (Lipinski definition) is 4. The Labute approximate surface area is 252 Å². The molecule has 2 bridgehead atoms. The molecular weight excluding hydrogens is 568 g/mol. The van der Waals surface area contributed by atoms with E-state index in [1.807, 2.05) is 44.2 Å². The number of nitrogens with zero attached hydrogens (tertiary/aromatic N) is 4. The summed E-state index contributed by atoms with van der Waals surface area (Å²) >= 11 is 1.26. The van der Waals surface area contributed by atoms with Gasteiger partial charge in [0.15, 0.2) is 0 Å². The summed E-state index contributed by atoms with van der Waals surface area (Å²) < 4.78 is 1.63. The van der Waals surface area contributed by atoms with E-state index in [4.69, 9.17) is 0 Å². The van der Waals surface area contributed by atoms with Crippen LogP contribution in [0.4, 0.5) is 0 Å². The molecule has 0 saturated heterocycles. The minimum absolute atomic E-state index is 0.0534. The number of hydrogen-bond acceptors (Lipinski definition) is 8. The molecule has 13 heteroatoms. The van der Waals surface area contributed by atoms with Crippen molar-refractivity contribution in [2.45, 2.75) is 57.7 Å². The van der Waals surface area contributed by atoms with Crippen molar-refractivity contribution in [2.75, 3.05) is 6.54 Å². The van der Waals surface area contributed by atoms with E-state index >= 15 is 0 Å². The lowest BCUT2D eigenvalue weighted by Gasteiger charge is -2.25. The maximum Gasteiger partial charge on any atom is 0.272 e. The highest BCUT2D eigenvalue weighted by Gasteiger charge is 2.30. The summed E-state index contributed by atoms with van der Waals surface area (Å²) in [5, 5.41) is 13.8. The second-order valence-corrected chi connectivity index (χ2v) is 11.7. The minimum Gasteiger partial charge on any atom is -0.354 e. The molecule has 5 rings (SSSR count). The number of amides is 4. The van der Waals surface area contributed by atoms with Crippen molar-refractivity contribution in [3.8, 4) is 0 Å². The van der Waals surface area contributed by atoms with E-state index in [9.17, 15) is 19.2 Å². The van der Waals surface area contributed by atoms with Crippen molar-refractivity contribution >= 4 is 40.7 Å². The average Bonchev–Trinajstić information content (AvgIpc) is 3.66. The Balaban J connectivity index is 1.37. The molecule has 12 nitrogen and oxygen atoms in total. The smallest absolute Gasteiger partial charge is 0.272 e. The zero-order valence-corrected chi connectivity index (χ0v) is 24.8. The van der Waals surface area contributed by atoms with E-state index in [1.165, 1.54) is 11.3 Å². The van der Waals surface area contributed by atoms with Crippen molar-refractivity contribution in [3.63, 3.8) is 0 Å². The van der Waals surface area contributed by atoms with Gasteiger partial charge in [0.1, 0.15) is 28.5 Å². The molecule has 4 amide bonds. The molecule has 0 radical (unpaired) electrons. The number of benzene rings is 1. The van der Waals surface area contributed by atoms with Crippen LogP contribution in [0.15, 0.2) is 60.4 Å². The predicted octanol–water partition coefficient (Wildman–Crippen LogP) is 2.44. The Morgan fingerprint density at radius 3 is 2.65 bits per heavy atom. The molecule has 0 unspecified atom stereocenters. The molecule has 3 aromatic heterocycles. The Bertz CT molecular complexity index is 1570. The largest absolute Gasteiger partial charge is 0.354 e. The lowest BCUT2D eigenvalue weighted by molar-refractivity contribution is -0.124. The van der Waals surface area contributed by atoms with Crippen molar-refractivity contribution < 1.29 is 19.2 Å². The molecule has 1 aliphatic heterocycles. The van der Waals surface area contributed by atoms with Gasteiger partial charge in [0.2, 0.25) is 17.6 Å². The van der Waals surface area contributed by atoms with Crippen LogP contribution in [0.25, 0.3) is 5.78 Å². The fraction of sp³-hybridized carbons (Fsp3) is 0.367. The van der Waals surface area contributed by atoms with E-state index in [0.29, 0.717) is 43.0 Å². The van der Waals surface area contributed by atoms with E-state index in [2.05, 4.69) is 36.2 Å². The van der Waals surface area contributed by atoms with Gasteiger partial charge in [0, 0.05) is 36.9 Å². The van der Waals surface area contributed by atoms with E-state index in [1.54, 1.807) is 34.4 Å². The maximum absolute atomic E-state index is 13.6. The number of carbonyl (C=O) groups is 4. The zero-order chi connectivity index (χ0) is 30.3. The second kappa shape index (κ2) is 13.6. The van der Waals surface area contributed by atoms with Gasteiger partial charge in [-0.25, -0.2) is 15.0 Å². The summed E-state index contributed by atoms with van der Waals surface area (Å²) in [7, 11) is 0. The zero-order valence-electron chi connectivity index (χ0n) is 23.9. The number of fused-ring (bicyclic) bond motifs is 3. The van der Waals surface area contributed by atoms with Gasteiger partial charge in [-0.2, -0.15) is 0 Å². The number of carbonyl (C=O) groups excluding carboxylic acids is 4. The molecule has 4 heterocycles. The van der Waals surface area contributed by atoms with Crippen LogP contribution in [0.5, 0.6) is 0 Å².